The average molecular weight is 315 g/mol. The van der Waals surface area contributed by atoms with Gasteiger partial charge in [-0.2, -0.15) is 11.8 Å². The molecular weight excluding hydrogens is 294 g/mol. The topological polar surface area (TPSA) is 62.3 Å². The molecule has 1 aliphatic heterocycles. The first kappa shape index (κ1) is 15.8. The Kier molecular flexibility index (Phi) is 5.83. The summed E-state index contributed by atoms with van der Waals surface area (Å²) in [5.74, 6) is 1.69. The third-order valence-corrected chi connectivity index (χ3v) is 6.00. The van der Waals surface area contributed by atoms with Crippen LogP contribution in [0.3, 0.4) is 0 Å². The highest BCUT2D eigenvalue weighted by atomic mass is 32.2. The summed E-state index contributed by atoms with van der Waals surface area (Å²) in [6.45, 7) is 3.15. The molecule has 2 rings (SSSR count). The van der Waals surface area contributed by atoms with Crippen LogP contribution in [0.2, 0.25) is 0 Å². The van der Waals surface area contributed by atoms with Gasteiger partial charge < -0.3 is 5.32 Å². The maximum atomic E-state index is 11.8. The number of rotatable bonds is 6. The number of sulfone groups is 1. The molecule has 5 nitrogen and oxygen atoms in total. The summed E-state index contributed by atoms with van der Waals surface area (Å²) in [5.41, 5.74) is 1.14. The van der Waals surface area contributed by atoms with E-state index in [1.165, 1.54) is 6.26 Å². The van der Waals surface area contributed by atoms with Crippen LogP contribution in [0.25, 0.3) is 0 Å². The molecule has 2 heterocycles. The van der Waals surface area contributed by atoms with Gasteiger partial charge in [0.15, 0.2) is 9.84 Å². The van der Waals surface area contributed by atoms with Gasteiger partial charge in [0, 0.05) is 56.3 Å². The number of nitrogens with zero attached hydrogens (tertiary/aromatic N) is 2. The third-order valence-electron chi connectivity index (χ3n) is 3.31. The minimum Gasteiger partial charge on any atom is -0.311 e. The first-order chi connectivity index (χ1) is 9.57. The zero-order valence-corrected chi connectivity index (χ0v) is 13.3. The Morgan fingerprint density at radius 2 is 2.40 bits per heavy atom. The summed E-state index contributed by atoms with van der Waals surface area (Å²) in [5, 5.41) is 3.01. The van der Waals surface area contributed by atoms with Crippen molar-refractivity contribution in [1.82, 2.24) is 15.2 Å². The van der Waals surface area contributed by atoms with E-state index in [1.54, 1.807) is 18.0 Å². The summed E-state index contributed by atoms with van der Waals surface area (Å²) >= 11 is 1.72. The number of aromatic nitrogens is 1. The number of hydrogen-bond acceptors (Lipinski definition) is 6. The largest absolute Gasteiger partial charge is 0.311 e. The van der Waals surface area contributed by atoms with Gasteiger partial charge in [0.25, 0.3) is 0 Å². The van der Waals surface area contributed by atoms with Crippen LogP contribution in [-0.2, 0) is 16.4 Å². The van der Waals surface area contributed by atoms with E-state index in [9.17, 15) is 8.42 Å². The van der Waals surface area contributed by atoms with Crippen LogP contribution in [-0.4, -0.2) is 61.1 Å². The highest BCUT2D eigenvalue weighted by molar-refractivity contribution is 8.00. The summed E-state index contributed by atoms with van der Waals surface area (Å²) in [4.78, 5) is 6.14. The van der Waals surface area contributed by atoms with Crippen LogP contribution >= 0.6 is 11.8 Å². The molecule has 1 fully saturated rings. The SMILES string of the molecule is CS(=O)(=O)C1CSCCN1CCNCc1cccnc1. The number of nitrogens with one attached hydrogen (secondary N) is 1. The van der Waals surface area contributed by atoms with Crippen LogP contribution in [0.5, 0.6) is 0 Å². The maximum absolute atomic E-state index is 11.8. The third kappa shape index (κ3) is 4.73. The molecule has 20 heavy (non-hydrogen) atoms. The van der Waals surface area contributed by atoms with Crippen molar-refractivity contribution < 1.29 is 8.42 Å². The van der Waals surface area contributed by atoms with Crippen molar-refractivity contribution in [2.75, 3.05) is 37.4 Å². The van der Waals surface area contributed by atoms with Crippen molar-refractivity contribution in [2.24, 2.45) is 0 Å². The van der Waals surface area contributed by atoms with Crippen molar-refractivity contribution in [3.63, 3.8) is 0 Å². The minimum absolute atomic E-state index is 0.332. The Balaban J connectivity index is 1.77. The standard InChI is InChI=1S/C13H21N3O2S2/c1-20(17,18)13-11-19-8-7-16(13)6-5-15-10-12-3-2-4-14-9-12/h2-4,9,13,15H,5-8,10-11H2,1H3. The Morgan fingerprint density at radius 1 is 1.55 bits per heavy atom. The van der Waals surface area contributed by atoms with Gasteiger partial charge in [-0.3, -0.25) is 9.88 Å². The van der Waals surface area contributed by atoms with Crippen molar-refractivity contribution in [2.45, 2.75) is 11.9 Å². The molecule has 0 amide bonds. The fourth-order valence-corrected chi connectivity index (χ4v) is 5.20. The van der Waals surface area contributed by atoms with Crippen LogP contribution in [0, 0.1) is 0 Å². The molecule has 1 atom stereocenters. The molecular formula is C13H21N3O2S2. The van der Waals surface area contributed by atoms with Crippen LogP contribution in [0.1, 0.15) is 5.56 Å². The maximum Gasteiger partial charge on any atom is 0.164 e. The lowest BCUT2D eigenvalue weighted by atomic mass is 10.3. The Labute approximate surface area is 125 Å². The Hall–Kier alpha value is -0.630. The molecule has 0 aromatic carbocycles. The normalized spacial score (nSPS) is 20.9. The predicted molar refractivity (Wildman–Crippen MR) is 83.5 cm³/mol. The lowest BCUT2D eigenvalue weighted by molar-refractivity contribution is 0.270. The second-order valence-electron chi connectivity index (χ2n) is 4.93. The molecule has 1 saturated heterocycles. The summed E-state index contributed by atoms with van der Waals surface area (Å²) in [7, 11) is -3.00. The quantitative estimate of drug-likeness (QED) is 0.775. The molecule has 7 heteroatoms. The fraction of sp³-hybridized carbons (Fsp3) is 0.615. The lowest BCUT2D eigenvalue weighted by Gasteiger charge is -2.33. The van der Waals surface area contributed by atoms with E-state index in [4.69, 9.17) is 0 Å². The molecule has 1 unspecified atom stereocenters. The summed E-state index contributed by atoms with van der Waals surface area (Å²) in [6, 6.07) is 3.94. The van der Waals surface area contributed by atoms with Gasteiger partial charge in [0.2, 0.25) is 0 Å². The minimum atomic E-state index is -3.00. The van der Waals surface area contributed by atoms with E-state index < -0.39 is 9.84 Å². The van der Waals surface area contributed by atoms with Crippen molar-refractivity contribution in [3.8, 4) is 0 Å². The van der Waals surface area contributed by atoms with Gasteiger partial charge >= 0.3 is 0 Å². The first-order valence-electron chi connectivity index (χ1n) is 6.67. The van der Waals surface area contributed by atoms with Gasteiger partial charge in [-0.1, -0.05) is 6.07 Å². The molecule has 0 saturated carbocycles. The number of thioether (sulfide) groups is 1. The Bertz CT molecular complexity index is 508. The highest BCUT2D eigenvalue weighted by Gasteiger charge is 2.30. The van der Waals surface area contributed by atoms with E-state index in [-0.39, 0.29) is 5.37 Å². The van der Waals surface area contributed by atoms with Gasteiger partial charge in [-0.25, -0.2) is 8.42 Å². The average Bonchev–Trinajstić information content (AvgIpc) is 2.44. The predicted octanol–water partition coefficient (Wildman–Crippen LogP) is 0.591. The zero-order valence-electron chi connectivity index (χ0n) is 11.7. The van der Waals surface area contributed by atoms with E-state index in [2.05, 4.69) is 15.2 Å². The lowest BCUT2D eigenvalue weighted by Crippen LogP contribution is -2.49. The second-order valence-corrected chi connectivity index (χ2v) is 8.29. The Morgan fingerprint density at radius 3 is 3.10 bits per heavy atom. The molecule has 0 radical (unpaired) electrons. The molecule has 112 valence electrons. The van der Waals surface area contributed by atoms with Gasteiger partial charge in [0.05, 0.1) is 0 Å². The highest BCUT2D eigenvalue weighted by Crippen LogP contribution is 2.19. The van der Waals surface area contributed by atoms with Gasteiger partial charge in [0.1, 0.15) is 5.37 Å². The number of pyridine rings is 1. The molecule has 0 bridgehead atoms. The smallest absolute Gasteiger partial charge is 0.164 e. The van der Waals surface area contributed by atoms with E-state index >= 15 is 0 Å². The van der Waals surface area contributed by atoms with E-state index in [1.807, 2.05) is 18.3 Å². The van der Waals surface area contributed by atoms with Crippen molar-refractivity contribution in [3.05, 3.63) is 30.1 Å². The van der Waals surface area contributed by atoms with Crippen LogP contribution in [0.15, 0.2) is 24.5 Å². The molecule has 1 N–H and O–H groups in total. The molecule has 1 aliphatic rings. The summed E-state index contributed by atoms with van der Waals surface area (Å²) < 4.78 is 23.5. The van der Waals surface area contributed by atoms with Gasteiger partial charge in [-0.15, -0.1) is 0 Å². The molecule has 1 aromatic rings. The van der Waals surface area contributed by atoms with Crippen molar-refractivity contribution >= 4 is 21.6 Å². The summed E-state index contributed by atoms with van der Waals surface area (Å²) in [6.07, 6.45) is 4.93. The van der Waals surface area contributed by atoms with E-state index in [0.29, 0.717) is 5.75 Å². The van der Waals surface area contributed by atoms with Gasteiger partial charge in [-0.05, 0) is 11.6 Å². The van der Waals surface area contributed by atoms with Crippen LogP contribution in [0.4, 0.5) is 0 Å². The molecule has 0 spiro atoms. The monoisotopic (exact) mass is 315 g/mol. The zero-order chi connectivity index (χ0) is 14.4. The number of hydrogen-bond donors (Lipinski definition) is 1. The molecule has 1 aromatic heterocycles. The first-order valence-corrected chi connectivity index (χ1v) is 9.78. The van der Waals surface area contributed by atoms with Crippen LogP contribution < -0.4 is 5.32 Å². The van der Waals surface area contributed by atoms with Crippen molar-refractivity contribution in [1.29, 1.82) is 0 Å². The second kappa shape index (κ2) is 7.40. The molecule has 0 aliphatic carbocycles. The van der Waals surface area contributed by atoms with E-state index in [0.717, 1.165) is 37.5 Å². The fourth-order valence-electron chi connectivity index (χ4n) is 2.22.